The number of aliphatic carboxylic acids is 1. The smallest absolute Gasteiger partial charge is 0.315 e. The molecule has 0 aromatic rings. The lowest BCUT2D eigenvalue weighted by atomic mass is 10.2. The van der Waals surface area contributed by atoms with E-state index in [1.165, 1.54) is 14.0 Å². The van der Waals surface area contributed by atoms with Crippen molar-refractivity contribution in [1.82, 2.24) is 10.6 Å². The first-order valence-electron chi connectivity index (χ1n) is 4.20. The summed E-state index contributed by atoms with van der Waals surface area (Å²) in [4.78, 5) is 32.1. The zero-order valence-corrected chi connectivity index (χ0v) is 8.16. The van der Waals surface area contributed by atoms with E-state index < -0.39 is 17.8 Å². The fourth-order valence-electron chi connectivity index (χ4n) is 0.689. The molecule has 14 heavy (non-hydrogen) atoms. The van der Waals surface area contributed by atoms with Gasteiger partial charge in [-0.1, -0.05) is 0 Å². The highest BCUT2D eigenvalue weighted by molar-refractivity contribution is 5.96. The SMILES string of the molecule is CNC(=O)CCNC(=O)C(C)C(=O)O. The molecule has 0 radical (unpaired) electrons. The van der Waals surface area contributed by atoms with Gasteiger partial charge < -0.3 is 15.7 Å². The first-order valence-corrected chi connectivity index (χ1v) is 4.20. The lowest BCUT2D eigenvalue weighted by Gasteiger charge is -2.07. The maximum Gasteiger partial charge on any atom is 0.315 e. The zero-order chi connectivity index (χ0) is 11.1. The Morgan fingerprint density at radius 2 is 1.93 bits per heavy atom. The summed E-state index contributed by atoms with van der Waals surface area (Å²) < 4.78 is 0. The van der Waals surface area contributed by atoms with Crippen LogP contribution in [0.1, 0.15) is 13.3 Å². The molecule has 0 fully saturated rings. The van der Waals surface area contributed by atoms with Crippen LogP contribution in [0.4, 0.5) is 0 Å². The third-order valence-electron chi connectivity index (χ3n) is 1.69. The van der Waals surface area contributed by atoms with E-state index >= 15 is 0 Å². The monoisotopic (exact) mass is 202 g/mol. The first kappa shape index (κ1) is 12.4. The van der Waals surface area contributed by atoms with Gasteiger partial charge in [-0.2, -0.15) is 0 Å². The minimum absolute atomic E-state index is 0.147. The number of amides is 2. The van der Waals surface area contributed by atoms with Crippen LogP contribution < -0.4 is 10.6 Å². The molecule has 0 bridgehead atoms. The highest BCUT2D eigenvalue weighted by Gasteiger charge is 2.19. The number of carboxylic acid groups (broad SMARTS) is 1. The van der Waals surface area contributed by atoms with Crippen molar-refractivity contribution in [2.24, 2.45) is 5.92 Å². The summed E-state index contributed by atoms with van der Waals surface area (Å²) in [6.07, 6.45) is 0.147. The van der Waals surface area contributed by atoms with Crippen LogP contribution in [0.5, 0.6) is 0 Å². The Labute approximate surface area is 81.7 Å². The Hall–Kier alpha value is -1.59. The fourth-order valence-corrected chi connectivity index (χ4v) is 0.689. The molecule has 0 spiro atoms. The van der Waals surface area contributed by atoms with Crippen molar-refractivity contribution < 1.29 is 19.5 Å². The van der Waals surface area contributed by atoms with Crippen molar-refractivity contribution >= 4 is 17.8 Å². The van der Waals surface area contributed by atoms with E-state index in [9.17, 15) is 14.4 Å². The van der Waals surface area contributed by atoms with E-state index in [0.717, 1.165) is 0 Å². The predicted molar refractivity (Wildman–Crippen MR) is 48.5 cm³/mol. The van der Waals surface area contributed by atoms with Gasteiger partial charge in [-0.15, -0.1) is 0 Å². The normalized spacial score (nSPS) is 11.6. The van der Waals surface area contributed by atoms with Crippen LogP contribution in [0.2, 0.25) is 0 Å². The minimum atomic E-state index is -1.18. The lowest BCUT2D eigenvalue weighted by Crippen LogP contribution is -2.35. The Kier molecular flexibility index (Phi) is 5.28. The highest BCUT2D eigenvalue weighted by atomic mass is 16.4. The predicted octanol–water partition coefficient (Wildman–Crippen LogP) is -1.04. The van der Waals surface area contributed by atoms with E-state index in [4.69, 9.17) is 5.11 Å². The molecular formula is C8H14N2O4. The third kappa shape index (κ3) is 4.44. The first-order chi connectivity index (χ1) is 6.49. The summed E-state index contributed by atoms with van der Waals surface area (Å²) in [7, 11) is 1.49. The number of carboxylic acids is 1. The third-order valence-corrected chi connectivity index (χ3v) is 1.69. The van der Waals surface area contributed by atoms with E-state index in [2.05, 4.69) is 10.6 Å². The molecule has 1 atom stereocenters. The van der Waals surface area contributed by atoms with Crippen LogP contribution in [0, 0.1) is 5.92 Å². The summed E-state index contributed by atoms with van der Waals surface area (Å²) in [6, 6.07) is 0. The van der Waals surface area contributed by atoms with Gasteiger partial charge in [0.1, 0.15) is 5.92 Å². The van der Waals surface area contributed by atoms with Gasteiger partial charge in [0, 0.05) is 20.0 Å². The molecule has 0 aliphatic carbocycles. The summed E-state index contributed by atoms with van der Waals surface area (Å²) in [5.41, 5.74) is 0. The second-order valence-corrected chi connectivity index (χ2v) is 2.77. The summed E-state index contributed by atoms with van der Waals surface area (Å²) in [5.74, 6) is -3.04. The largest absolute Gasteiger partial charge is 0.481 e. The molecule has 0 saturated heterocycles. The summed E-state index contributed by atoms with van der Waals surface area (Å²) in [5, 5.41) is 13.2. The average molecular weight is 202 g/mol. The number of hydrogen-bond donors (Lipinski definition) is 3. The molecule has 6 nitrogen and oxygen atoms in total. The summed E-state index contributed by atoms with van der Waals surface area (Å²) in [6.45, 7) is 1.44. The number of carbonyl (C=O) groups excluding carboxylic acids is 2. The summed E-state index contributed by atoms with van der Waals surface area (Å²) >= 11 is 0. The van der Waals surface area contributed by atoms with Crippen molar-refractivity contribution in [1.29, 1.82) is 0 Å². The minimum Gasteiger partial charge on any atom is -0.481 e. The molecular weight excluding hydrogens is 188 g/mol. The average Bonchev–Trinajstić information content (AvgIpc) is 2.15. The molecule has 6 heteroatoms. The van der Waals surface area contributed by atoms with Gasteiger partial charge in [0.2, 0.25) is 11.8 Å². The van der Waals surface area contributed by atoms with Gasteiger partial charge in [-0.05, 0) is 6.92 Å². The van der Waals surface area contributed by atoms with Crippen molar-refractivity contribution in [2.75, 3.05) is 13.6 Å². The van der Waals surface area contributed by atoms with E-state index in [0.29, 0.717) is 0 Å². The molecule has 0 aromatic heterocycles. The van der Waals surface area contributed by atoms with Gasteiger partial charge in [0.15, 0.2) is 0 Å². The Balaban J connectivity index is 3.75. The van der Waals surface area contributed by atoms with Crippen molar-refractivity contribution in [3.63, 3.8) is 0 Å². The highest BCUT2D eigenvalue weighted by Crippen LogP contribution is 1.93. The number of hydrogen-bond acceptors (Lipinski definition) is 3. The van der Waals surface area contributed by atoms with E-state index in [1.54, 1.807) is 0 Å². The quantitative estimate of drug-likeness (QED) is 0.496. The molecule has 0 saturated carbocycles. The van der Waals surface area contributed by atoms with Gasteiger partial charge in [-0.25, -0.2) is 0 Å². The Morgan fingerprint density at radius 3 is 2.36 bits per heavy atom. The van der Waals surface area contributed by atoms with Gasteiger partial charge in [0.05, 0.1) is 0 Å². The standard InChI is InChI=1S/C8H14N2O4/c1-5(8(13)14)7(12)10-4-3-6(11)9-2/h5H,3-4H2,1-2H3,(H,9,11)(H,10,12)(H,13,14). The van der Waals surface area contributed by atoms with Crippen molar-refractivity contribution in [3.05, 3.63) is 0 Å². The van der Waals surface area contributed by atoms with Crippen LogP contribution in [-0.4, -0.2) is 36.5 Å². The molecule has 0 rings (SSSR count). The molecule has 0 aromatic carbocycles. The zero-order valence-electron chi connectivity index (χ0n) is 8.16. The van der Waals surface area contributed by atoms with E-state index in [1.807, 2.05) is 0 Å². The Bertz CT molecular complexity index is 239. The molecule has 80 valence electrons. The van der Waals surface area contributed by atoms with Crippen molar-refractivity contribution in [2.45, 2.75) is 13.3 Å². The van der Waals surface area contributed by atoms with Gasteiger partial charge >= 0.3 is 5.97 Å². The van der Waals surface area contributed by atoms with Crippen LogP contribution >= 0.6 is 0 Å². The Morgan fingerprint density at radius 1 is 1.36 bits per heavy atom. The molecule has 3 N–H and O–H groups in total. The van der Waals surface area contributed by atoms with Gasteiger partial charge in [0.25, 0.3) is 0 Å². The maximum absolute atomic E-state index is 11.0. The van der Waals surface area contributed by atoms with Crippen LogP contribution in [-0.2, 0) is 14.4 Å². The molecule has 1 unspecified atom stereocenters. The number of carbonyl (C=O) groups is 3. The van der Waals surface area contributed by atoms with Crippen LogP contribution in [0.25, 0.3) is 0 Å². The van der Waals surface area contributed by atoms with E-state index in [-0.39, 0.29) is 18.9 Å². The number of nitrogens with one attached hydrogen (secondary N) is 2. The second-order valence-electron chi connectivity index (χ2n) is 2.77. The van der Waals surface area contributed by atoms with Crippen LogP contribution in [0.3, 0.4) is 0 Å². The second kappa shape index (κ2) is 5.95. The van der Waals surface area contributed by atoms with Crippen LogP contribution in [0.15, 0.2) is 0 Å². The fraction of sp³-hybridized carbons (Fsp3) is 0.625. The lowest BCUT2D eigenvalue weighted by molar-refractivity contribution is -0.146. The molecule has 0 aliphatic rings. The molecule has 0 heterocycles. The van der Waals surface area contributed by atoms with Gasteiger partial charge in [-0.3, -0.25) is 14.4 Å². The topological polar surface area (TPSA) is 95.5 Å². The van der Waals surface area contributed by atoms with Crippen molar-refractivity contribution in [3.8, 4) is 0 Å². The maximum atomic E-state index is 11.0. The molecule has 2 amide bonds. The molecule has 0 aliphatic heterocycles. The number of rotatable bonds is 5.